The van der Waals surface area contributed by atoms with Crippen LogP contribution in [0.1, 0.15) is 11.1 Å². The molecule has 2 rings (SSSR count). The maximum Gasteiger partial charge on any atom is 0.292 e. The Morgan fingerprint density at radius 1 is 1.36 bits per heavy atom. The van der Waals surface area contributed by atoms with Crippen LogP contribution in [0.3, 0.4) is 0 Å². The molecular formula is C10H8FNO2. The molecule has 0 atom stereocenters. The Kier molecular flexibility index (Phi) is 1.84. The van der Waals surface area contributed by atoms with E-state index in [0.29, 0.717) is 5.56 Å². The number of carbonyl (C=O) groups excluding carboxylic acids is 2. The van der Waals surface area contributed by atoms with Gasteiger partial charge in [-0.1, -0.05) is 6.07 Å². The van der Waals surface area contributed by atoms with Crippen molar-refractivity contribution < 1.29 is 14.0 Å². The lowest BCUT2D eigenvalue weighted by atomic mass is 9.99. The van der Waals surface area contributed by atoms with Crippen molar-refractivity contribution in [3.8, 4) is 0 Å². The summed E-state index contributed by atoms with van der Waals surface area (Å²) in [7, 11) is 0. The monoisotopic (exact) mass is 193 g/mol. The predicted octanol–water partition coefficient (Wildman–Crippen LogP) is 1.20. The quantitative estimate of drug-likeness (QED) is 0.629. The number of aryl methyl sites for hydroxylation is 1. The third-order valence-corrected chi connectivity index (χ3v) is 2.16. The molecule has 0 fully saturated rings. The van der Waals surface area contributed by atoms with Gasteiger partial charge in [-0.05, 0) is 24.1 Å². The molecule has 0 saturated heterocycles. The minimum atomic E-state index is -0.736. The van der Waals surface area contributed by atoms with E-state index >= 15 is 0 Å². The number of benzene rings is 1. The zero-order chi connectivity index (χ0) is 10.3. The number of halogens is 1. The number of Topliss-reactive ketones (excluding diaryl/α,β-unsaturated/α-hetero) is 1. The number of hydrogen-bond acceptors (Lipinski definition) is 2. The van der Waals surface area contributed by atoms with E-state index in [0.717, 1.165) is 5.56 Å². The maximum atomic E-state index is 13.3. The van der Waals surface area contributed by atoms with Gasteiger partial charge in [0.2, 0.25) is 5.78 Å². The highest BCUT2D eigenvalue weighted by Crippen LogP contribution is 2.25. The summed E-state index contributed by atoms with van der Waals surface area (Å²) in [5.41, 5.74) is 1.43. The fourth-order valence-electron chi connectivity index (χ4n) is 1.53. The second kappa shape index (κ2) is 2.90. The van der Waals surface area contributed by atoms with Crippen LogP contribution in [0.2, 0.25) is 0 Å². The smallest absolute Gasteiger partial charge is 0.292 e. The van der Waals surface area contributed by atoms with Crippen molar-refractivity contribution in [2.45, 2.75) is 13.3 Å². The number of fused-ring (bicyclic) bond motifs is 1. The normalized spacial score (nSPS) is 15.0. The summed E-state index contributed by atoms with van der Waals surface area (Å²) in [5, 5.41) is 2.24. The van der Waals surface area contributed by atoms with Crippen LogP contribution < -0.4 is 5.32 Å². The lowest BCUT2D eigenvalue weighted by Gasteiger charge is -2.16. The van der Waals surface area contributed by atoms with Crippen LogP contribution in [0.4, 0.5) is 10.1 Å². The van der Waals surface area contributed by atoms with Gasteiger partial charge >= 0.3 is 0 Å². The maximum absolute atomic E-state index is 13.3. The predicted molar refractivity (Wildman–Crippen MR) is 48.5 cm³/mol. The minimum Gasteiger partial charge on any atom is -0.317 e. The second-order valence-electron chi connectivity index (χ2n) is 3.33. The van der Waals surface area contributed by atoms with Crippen molar-refractivity contribution in [1.29, 1.82) is 0 Å². The number of amides is 1. The topological polar surface area (TPSA) is 46.2 Å². The van der Waals surface area contributed by atoms with E-state index in [1.807, 2.05) is 0 Å². The number of ketones is 1. The fraction of sp³-hybridized carbons (Fsp3) is 0.200. The molecule has 1 heterocycles. The zero-order valence-corrected chi connectivity index (χ0v) is 7.56. The van der Waals surface area contributed by atoms with Crippen molar-refractivity contribution >= 4 is 17.4 Å². The number of carbonyl (C=O) groups is 2. The first-order valence-corrected chi connectivity index (χ1v) is 4.21. The Labute approximate surface area is 79.9 Å². The molecular weight excluding hydrogens is 185 g/mol. The Morgan fingerprint density at radius 3 is 2.79 bits per heavy atom. The Balaban J connectivity index is 2.57. The van der Waals surface area contributed by atoms with Gasteiger partial charge in [0.15, 0.2) is 0 Å². The minimum absolute atomic E-state index is 0.0141. The molecule has 0 aromatic heterocycles. The van der Waals surface area contributed by atoms with Crippen LogP contribution in [-0.4, -0.2) is 11.7 Å². The van der Waals surface area contributed by atoms with Crippen LogP contribution >= 0.6 is 0 Å². The molecule has 0 spiro atoms. The molecule has 1 aliphatic rings. The average molecular weight is 193 g/mol. The van der Waals surface area contributed by atoms with Gasteiger partial charge in [-0.2, -0.15) is 0 Å². The second-order valence-corrected chi connectivity index (χ2v) is 3.33. The van der Waals surface area contributed by atoms with Gasteiger partial charge in [0.05, 0.1) is 5.69 Å². The van der Waals surface area contributed by atoms with Crippen LogP contribution in [0.15, 0.2) is 12.1 Å². The number of rotatable bonds is 0. The van der Waals surface area contributed by atoms with E-state index in [-0.39, 0.29) is 12.1 Å². The molecule has 1 aromatic carbocycles. The third kappa shape index (κ3) is 1.28. The highest BCUT2D eigenvalue weighted by Gasteiger charge is 2.25. The summed E-state index contributed by atoms with van der Waals surface area (Å²) in [6, 6.07) is 3.03. The van der Waals surface area contributed by atoms with Gasteiger partial charge in [-0.3, -0.25) is 9.59 Å². The first-order chi connectivity index (χ1) is 6.58. The molecule has 1 N–H and O–H groups in total. The van der Waals surface area contributed by atoms with Gasteiger partial charge in [0, 0.05) is 6.42 Å². The summed E-state index contributed by atoms with van der Waals surface area (Å²) in [6.07, 6.45) is -0.0141. The molecule has 14 heavy (non-hydrogen) atoms. The summed E-state index contributed by atoms with van der Waals surface area (Å²) in [6.45, 7) is 1.74. The first kappa shape index (κ1) is 8.87. The van der Waals surface area contributed by atoms with Crippen LogP contribution in [0.25, 0.3) is 0 Å². The van der Waals surface area contributed by atoms with E-state index in [1.165, 1.54) is 6.07 Å². The molecule has 1 aliphatic heterocycles. The molecule has 0 aliphatic carbocycles. The van der Waals surface area contributed by atoms with Crippen molar-refractivity contribution in [3.05, 3.63) is 29.1 Å². The highest BCUT2D eigenvalue weighted by atomic mass is 19.1. The van der Waals surface area contributed by atoms with E-state index in [1.54, 1.807) is 13.0 Å². The molecule has 0 radical (unpaired) electrons. The van der Waals surface area contributed by atoms with E-state index < -0.39 is 17.5 Å². The van der Waals surface area contributed by atoms with Gasteiger partial charge < -0.3 is 5.32 Å². The van der Waals surface area contributed by atoms with Crippen molar-refractivity contribution in [1.82, 2.24) is 0 Å². The number of nitrogens with one attached hydrogen (secondary N) is 1. The first-order valence-electron chi connectivity index (χ1n) is 4.21. The standard InChI is InChI=1S/C10H8FNO2/c1-5-2-6-4-8(13)10(14)12-9(6)7(11)3-5/h2-3H,4H2,1H3,(H,12,14). The van der Waals surface area contributed by atoms with Crippen molar-refractivity contribution in [2.24, 2.45) is 0 Å². The number of anilines is 1. The molecule has 1 aromatic rings. The SMILES string of the molecule is Cc1cc(F)c2c(c1)CC(=O)C(=O)N2. The summed E-state index contributed by atoms with van der Waals surface area (Å²) < 4.78 is 13.3. The lowest BCUT2D eigenvalue weighted by Crippen LogP contribution is -2.30. The fourth-order valence-corrected chi connectivity index (χ4v) is 1.53. The largest absolute Gasteiger partial charge is 0.317 e. The molecule has 3 nitrogen and oxygen atoms in total. The zero-order valence-electron chi connectivity index (χ0n) is 7.56. The average Bonchev–Trinajstić information content (AvgIpc) is 2.08. The van der Waals surface area contributed by atoms with Crippen LogP contribution in [-0.2, 0) is 16.0 Å². The summed E-state index contributed by atoms with van der Waals surface area (Å²) in [5.74, 6) is -1.75. The van der Waals surface area contributed by atoms with Gasteiger partial charge in [0.1, 0.15) is 5.82 Å². The van der Waals surface area contributed by atoms with Crippen molar-refractivity contribution in [2.75, 3.05) is 5.32 Å². The third-order valence-electron chi connectivity index (χ3n) is 2.16. The van der Waals surface area contributed by atoms with E-state index in [4.69, 9.17) is 0 Å². The molecule has 0 saturated carbocycles. The van der Waals surface area contributed by atoms with Crippen LogP contribution in [0.5, 0.6) is 0 Å². The Bertz CT molecular complexity index is 440. The van der Waals surface area contributed by atoms with Gasteiger partial charge in [-0.25, -0.2) is 4.39 Å². The highest BCUT2D eigenvalue weighted by molar-refractivity contribution is 6.42. The number of hydrogen-bond donors (Lipinski definition) is 1. The summed E-state index contributed by atoms with van der Waals surface area (Å²) >= 11 is 0. The Hall–Kier alpha value is -1.71. The summed E-state index contributed by atoms with van der Waals surface area (Å²) in [4.78, 5) is 22.0. The lowest BCUT2D eigenvalue weighted by molar-refractivity contribution is -0.134. The molecule has 4 heteroatoms. The van der Waals surface area contributed by atoms with Crippen LogP contribution in [0, 0.1) is 12.7 Å². The molecule has 1 amide bonds. The molecule has 0 unspecified atom stereocenters. The van der Waals surface area contributed by atoms with E-state index in [9.17, 15) is 14.0 Å². The van der Waals surface area contributed by atoms with Gasteiger partial charge in [-0.15, -0.1) is 0 Å². The molecule has 72 valence electrons. The van der Waals surface area contributed by atoms with Gasteiger partial charge in [0.25, 0.3) is 5.91 Å². The molecule has 0 bridgehead atoms. The van der Waals surface area contributed by atoms with Crippen molar-refractivity contribution in [3.63, 3.8) is 0 Å². The Morgan fingerprint density at radius 2 is 2.07 bits per heavy atom. The van der Waals surface area contributed by atoms with E-state index in [2.05, 4.69) is 5.32 Å².